The lowest BCUT2D eigenvalue weighted by molar-refractivity contribution is -0.357. The number of aliphatic hydroxyl groups excluding tert-OH is 4. The average Bonchev–Trinajstić information content (AvgIpc) is 2.86. The van der Waals surface area contributed by atoms with Crippen LogP contribution in [-0.2, 0) is 16.9 Å². The number of hydrogen-bond acceptors (Lipinski definition) is 7. The number of aromatic nitrogens is 1. The summed E-state index contributed by atoms with van der Waals surface area (Å²) < 4.78 is 5.45. The molecule has 0 radical (unpaired) electrons. The molecule has 3 aromatic rings. The SMILES string of the molecule is Cc1ccc([C@]2(O)O[C@H](CO)[C@@H](O)[C@H](O)[C@H]2O)cc1Cc1ccc(C#Cc2cccnc2)cc1. The fourth-order valence-electron chi connectivity index (χ4n) is 3.98. The summed E-state index contributed by atoms with van der Waals surface area (Å²) in [5.74, 6) is 3.91. The number of hydrogen-bond donors (Lipinski definition) is 5. The predicted octanol–water partition coefficient (Wildman–Crippen LogP) is 1.000. The highest BCUT2D eigenvalue weighted by molar-refractivity contribution is 5.44. The molecular weight excluding hydrogens is 434 g/mol. The molecule has 2 heterocycles. The fraction of sp³-hybridized carbons (Fsp3) is 0.296. The Labute approximate surface area is 197 Å². The van der Waals surface area contributed by atoms with Crippen molar-refractivity contribution < 1.29 is 30.3 Å². The van der Waals surface area contributed by atoms with E-state index in [4.69, 9.17) is 4.74 Å². The van der Waals surface area contributed by atoms with Gasteiger partial charge in [0.25, 0.3) is 0 Å². The maximum Gasteiger partial charge on any atom is 0.222 e. The number of aryl methyl sites for hydroxylation is 1. The molecule has 176 valence electrons. The van der Waals surface area contributed by atoms with Gasteiger partial charge in [-0.2, -0.15) is 0 Å². The molecule has 1 aromatic heterocycles. The van der Waals surface area contributed by atoms with Crippen molar-refractivity contribution in [1.29, 1.82) is 0 Å². The van der Waals surface area contributed by atoms with Gasteiger partial charge in [-0.05, 0) is 60.4 Å². The van der Waals surface area contributed by atoms with Crippen LogP contribution in [0.15, 0.2) is 67.0 Å². The average molecular weight is 462 g/mol. The van der Waals surface area contributed by atoms with Gasteiger partial charge in [0.15, 0.2) is 0 Å². The Hall–Kier alpha value is -3.09. The summed E-state index contributed by atoms with van der Waals surface area (Å²) in [6, 6.07) is 16.6. The lowest BCUT2D eigenvalue weighted by Crippen LogP contribution is -2.63. The van der Waals surface area contributed by atoms with Crippen molar-refractivity contribution >= 4 is 0 Å². The van der Waals surface area contributed by atoms with Gasteiger partial charge in [-0.3, -0.25) is 4.98 Å². The number of pyridine rings is 1. The van der Waals surface area contributed by atoms with Gasteiger partial charge < -0.3 is 30.3 Å². The third-order valence-electron chi connectivity index (χ3n) is 6.09. The predicted molar refractivity (Wildman–Crippen MR) is 125 cm³/mol. The van der Waals surface area contributed by atoms with Crippen LogP contribution in [-0.4, -0.2) is 61.5 Å². The number of nitrogens with zero attached hydrogens (tertiary/aromatic N) is 1. The Morgan fingerprint density at radius 3 is 2.38 bits per heavy atom. The summed E-state index contributed by atoms with van der Waals surface area (Å²) in [7, 11) is 0. The first kappa shape index (κ1) is 24.0. The summed E-state index contributed by atoms with van der Waals surface area (Å²) >= 11 is 0. The molecule has 7 nitrogen and oxygen atoms in total. The maximum absolute atomic E-state index is 11.1. The zero-order valence-electron chi connectivity index (χ0n) is 18.7. The van der Waals surface area contributed by atoms with Crippen LogP contribution in [0.25, 0.3) is 0 Å². The molecule has 0 saturated carbocycles. The molecule has 1 aliphatic heterocycles. The zero-order chi connectivity index (χ0) is 24.3. The monoisotopic (exact) mass is 461 g/mol. The van der Waals surface area contributed by atoms with Crippen LogP contribution in [0.4, 0.5) is 0 Å². The van der Waals surface area contributed by atoms with Crippen LogP contribution in [0.5, 0.6) is 0 Å². The fourth-order valence-corrected chi connectivity index (χ4v) is 3.98. The number of ether oxygens (including phenoxy) is 1. The van der Waals surface area contributed by atoms with Crippen LogP contribution >= 0.6 is 0 Å². The Bertz CT molecular complexity index is 1190. The van der Waals surface area contributed by atoms with Crippen molar-refractivity contribution in [3.63, 3.8) is 0 Å². The van der Waals surface area contributed by atoms with E-state index in [2.05, 4.69) is 16.8 Å². The second kappa shape index (κ2) is 10.0. The zero-order valence-corrected chi connectivity index (χ0v) is 18.7. The van der Waals surface area contributed by atoms with Gasteiger partial charge in [-0.15, -0.1) is 0 Å². The van der Waals surface area contributed by atoms with E-state index in [1.54, 1.807) is 30.6 Å². The van der Waals surface area contributed by atoms with Crippen LogP contribution in [0.3, 0.4) is 0 Å². The minimum atomic E-state index is -2.28. The minimum Gasteiger partial charge on any atom is -0.394 e. The Morgan fingerprint density at radius 2 is 1.71 bits per heavy atom. The van der Waals surface area contributed by atoms with Crippen LogP contribution in [0.1, 0.15) is 33.4 Å². The maximum atomic E-state index is 11.1. The van der Waals surface area contributed by atoms with E-state index in [1.165, 1.54) is 0 Å². The highest BCUT2D eigenvalue weighted by Crippen LogP contribution is 2.37. The van der Waals surface area contributed by atoms with E-state index >= 15 is 0 Å². The van der Waals surface area contributed by atoms with Crippen molar-refractivity contribution in [3.8, 4) is 11.8 Å². The van der Waals surface area contributed by atoms with E-state index in [-0.39, 0.29) is 5.56 Å². The molecule has 5 N–H and O–H groups in total. The Kier molecular flexibility index (Phi) is 7.10. The minimum absolute atomic E-state index is 0.226. The second-order valence-electron chi connectivity index (χ2n) is 8.47. The third kappa shape index (κ3) is 4.88. The summed E-state index contributed by atoms with van der Waals surface area (Å²) in [5, 5.41) is 51.2. The molecule has 34 heavy (non-hydrogen) atoms. The number of rotatable bonds is 4. The van der Waals surface area contributed by atoms with E-state index in [0.29, 0.717) is 6.42 Å². The van der Waals surface area contributed by atoms with E-state index in [9.17, 15) is 25.5 Å². The highest BCUT2D eigenvalue weighted by atomic mass is 16.7. The molecule has 0 unspecified atom stereocenters. The van der Waals surface area contributed by atoms with Crippen molar-refractivity contribution in [2.24, 2.45) is 0 Å². The van der Waals surface area contributed by atoms with Gasteiger partial charge in [-0.1, -0.05) is 36.1 Å². The van der Waals surface area contributed by atoms with Crippen molar-refractivity contribution in [2.45, 2.75) is 43.5 Å². The lowest BCUT2D eigenvalue weighted by atomic mass is 9.86. The van der Waals surface area contributed by atoms with Gasteiger partial charge in [0.1, 0.15) is 24.4 Å². The molecule has 1 saturated heterocycles. The Balaban J connectivity index is 1.55. The second-order valence-corrected chi connectivity index (χ2v) is 8.47. The normalized spacial score (nSPS) is 26.5. The number of aliphatic hydroxyl groups is 5. The van der Waals surface area contributed by atoms with Crippen LogP contribution in [0.2, 0.25) is 0 Å². The summed E-state index contributed by atoms with van der Waals surface area (Å²) in [6.07, 6.45) is -2.28. The molecule has 1 aliphatic rings. The third-order valence-corrected chi connectivity index (χ3v) is 6.09. The molecule has 7 heteroatoms. The lowest BCUT2D eigenvalue weighted by Gasteiger charge is -2.45. The van der Waals surface area contributed by atoms with Crippen molar-refractivity contribution in [3.05, 3.63) is 100 Å². The Morgan fingerprint density at radius 1 is 0.971 bits per heavy atom. The van der Waals surface area contributed by atoms with Crippen LogP contribution in [0, 0.1) is 18.8 Å². The first-order chi connectivity index (χ1) is 16.3. The molecule has 5 atom stereocenters. The van der Waals surface area contributed by atoms with Gasteiger partial charge in [-0.25, -0.2) is 0 Å². The topological polar surface area (TPSA) is 123 Å². The molecule has 0 bridgehead atoms. The van der Waals surface area contributed by atoms with E-state index < -0.39 is 36.8 Å². The quantitative estimate of drug-likeness (QED) is 0.367. The van der Waals surface area contributed by atoms with Crippen LogP contribution < -0.4 is 0 Å². The molecule has 1 fully saturated rings. The van der Waals surface area contributed by atoms with E-state index in [1.807, 2.05) is 43.3 Å². The largest absolute Gasteiger partial charge is 0.394 e. The first-order valence-electron chi connectivity index (χ1n) is 11.0. The molecular formula is C27H27NO6. The highest BCUT2D eigenvalue weighted by Gasteiger charge is 2.53. The van der Waals surface area contributed by atoms with E-state index in [0.717, 1.165) is 27.8 Å². The molecule has 0 aliphatic carbocycles. The standard InChI is InChI=1S/C27H27NO6/c1-17-4-11-22(27(33)26(32)25(31)24(30)23(16-29)34-27)14-21(17)13-19-8-5-18(6-9-19)7-10-20-3-2-12-28-15-20/h2-6,8-9,11-12,14-15,23-26,29-33H,13,16H2,1H3/t23-,24-,25+,26-,27+/m1/s1. The van der Waals surface area contributed by atoms with Gasteiger partial charge >= 0.3 is 0 Å². The summed E-state index contributed by atoms with van der Waals surface area (Å²) in [4.78, 5) is 4.05. The summed E-state index contributed by atoms with van der Waals surface area (Å²) in [6.45, 7) is 1.31. The molecule has 2 aromatic carbocycles. The van der Waals surface area contributed by atoms with Crippen molar-refractivity contribution in [1.82, 2.24) is 4.98 Å². The van der Waals surface area contributed by atoms with Crippen molar-refractivity contribution in [2.75, 3.05) is 6.61 Å². The van der Waals surface area contributed by atoms with Gasteiger partial charge in [0.2, 0.25) is 5.79 Å². The van der Waals surface area contributed by atoms with Gasteiger partial charge in [0.05, 0.1) is 6.61 Å². The molecule has 4 rings (SSSR count). The summed E-state index contributed by atoms with van der Waals surface area (Å²) in [5.41, 5.74) is 4.81. The molecule has 0 spiro atoms. The molecule has 0 amide bonds. The smallest absolute Gasteiger partial charge is 0.222 e. The van der Waals surface area contributed by atoms with Gasteiger partial charge in [0, 0.05) is 29.1 Å². The first-order valence-corrected chi connectivity index (χ1v) is 11.0. The number of benzene rings is 2.